The highest BCUT2D eigenvalue weighted by atomic mass is 19.1. The summed E-state index contributed by atoms with van der Waals surface area (Å²) < 4.78 is 18.1. The molecule has 1 fully saturated rings. The Morgan fingerprint density at radius 3 is 2.60 bits per heavy atom. The van der Waals surface area contributed by atoms with Crippen LogP contribution in [0.5, 0.6) is 5.75 Å². The maximum absolute atomic E-state index is 13.0. The van der Waals surface area contributed by atoms with Gasteiger partial charge in [0.1, 0.15) is 11.6 Å². The molecule has 1 N–H and O–H groups in total. The molecule has 132 valence electrons. The summed E-state index contributed by atoms with van der Waals surface area (Å²) in [5.74, 6) is 0.561. The number of carbonyl (C=O) groups excluding carboxylic acids is 1. The zero-order valence-electron chi connectivity index (χ0n) is 14.4. The summed E-state index contributed by atoms with van der Waals surface area (Å²) in [6, 6.07) is 13.9. The van der Waals surface area contributed by atoms with Gasteiger partial charge in [0.05, 0.1) is 13.0 Å². The smallest absolute Gasteiger partial charge is 0.228 e. The van der Waals surface area contributed by atoms with Crippen LogP contribution in [0.25, 0.3) is 0 Å². The number of halogens is 1. The van der Waals surface area contributed by atoms with Gasteiger partial charge in [-0.3, -0.25) is 9.69 Å². The van der Waals surface area contributed by atoms with E-state index in [2.05, 4.69) is 10.2 Å². The van der Waals surface area contributed by atoms with E-state index in [-0.39, 0.29) is 17.6 Å². The number of rotatable bonds is 5. The molecule has 1 heterocycles. The monoisotopic (exact) mass is 342 g/mol. The standard InChI is InChI=1S/C20H23FN2O2/c1-25-19-10-8-18(9-11-19)22-20(24)16-3-2-12-23(14-16)13-15-4-6-17(21)7-5-15/h4-11,16H,2-3,12-14H2,1H3,(H,22,24)/t16-/m0/s1. The van der Waals surface area contributed by atoms with Gasteiger partial charge in [-0.15, -0.1) is 0 Å². The van der Waals surface area contributed by atoms with Crippen LogP contribution in [0.2, 0.25) is 0 Å². The average molecular weight is 342 g/mol. The summed E-state index contributed by atoms with van der Waals surface area (Å²) >= 11 is 0. The highest BCUT2D eigenvalue weighted by Gasteiger charge is 2.25. The Morgan fingerprint density at radius 2 is 1.92 bits per heavy atom. The second-order valence-electron chi connectivity index (χ2n) is 6.42. The first-order chi connectivity index (χ1) is 12.1. The summed E-state index contributed by atoms with van der Waals surface area (Å²) in [4.78, 5) is 14.8. The fraction of sp³-hybridized carbons (Fsp3) is 0.350. The number of benzene rings is 2. The molecule has 1 saturated heterocycles. The number of carbonyl (C=O) groups is 1. The van der Waals surface area contributed by atoms with Crippen molar-refractivity contribution in [1.82, 2.24) is 4.90 Å². The van der Waals surface area contributed by atoms with Crippen molar-refractivity contribution in [3.63, 3.8) is 0 Å². The number of piperidine rings is 1. The number of nitrogens with zero attached hydrogens (tertiary/aromatic N) is 1. The lowest BCUT2D eigenvalue weighted by Gasteiger charge is -2.32. The van der Waals surface area contributed by atoms with Crippen LogP contribution >= 0.6 is 0 Å². The Labute approximate surface area is 147 Å². The molecule has 1 aliphatic rings. The summed E-state index contributed by atoms with van der Waals surface area (Å²) in [5.41, 5.74) is 1.85. The van der Waals surface area contributed by atoms with Gasteiger partial charge >= 0.3 is 0 Å². The fourth-order valence-corrected chi connectivity index (χ4v) is 3.18. The number of nitrogens with one attached hydrogen (secondary N) is 1. The molecular formula is C20H23FN2O2. The van der Waals surface area contributed by atoms with Crippen LogP contribution < -0.4 is 10.1 Å². The van der Waals surface area contributed by atoms with Crippen LogP contribution in [-0.4, -0.2) is 31.0 Å². The third kappa shape index (κ3) is 4.79. The van der Waals surface area contributed by atoms with E-state index in [0.717, 1.165) is 49.5 Å². The molecule has 3 rings (SSSR count). The molecule has 1 amide bonds. The molecule has 0 aliphatic carbocycles. The van der Waals surface area contributed by atoms with Gasteiger partial charge < -0.3 is 10.1 Å². The Morgan fingerprint density at radius 1 is 1.20 bits per heavy atom. The molecule has 25 heavy (non-hydrogen) atoms. The molecule has 0 bridgehead atoms. The highest BCUT2D eigenvalue weighted by molar-refractivity contribution is 5.92. The van der Waals surface area contributed by atoms with Crippen LogP contribution in [-0.2, 0) is 11.3 Å². The van der Waals surface area contributed by atoms with Crippen LogP contribution in [0.1, 0.15) is 18.4 Å². The van der Waals surface area contributed by atoms with Gasteiger partial charge in [-0.05, 0) is 61.3 Å². The summed E-state index contributed by atoms with van der Waals surface area (Å²) in [7, 11) is 1.62. The number of amides is 1. The van der Waals surface area contributed by atoms with Crippen LogP contribution in [0, 0.1) is 11.7 Å². The van der Waals surface area contributed by atoms with E-state index in [1.54, 1.807) is 19.2 Å². The first-order valence-corrected chi connectivity index (χ1v) is 8.56. The Bertz CT molecular complexity index is 701. The van der Waals surface area contributed by atoms with Gasteiger partial charge in [0, 0.05) is 18.8 Å². The summed E-state index contributed by atoms with van der Waals surface area (Å²) in [6.45, 7) is 2.43. The molecule has 0 radical (unpaired) electrons. The fourth-order valence-electron chi connectivity index (χ4n) is 3.18. The zero-order chi connectivity index (χ0) is 17.6. The maximum Gasteiger partial charge on any atom is 0.228 e. The van der Waals surface area contributed by atoms with Gasteiger partial charge in [-0.1, -0.05) is 12.1 Å². The number of likely N-dealkylation sites (tertiary alicyclic amines) is 1. The lowest BCUT2D eigenvalue weighted by molar-refractivity contribution is -0.121. The van der Waals surface area contributed by atoms with E-state index >= 15 is 0 Å². The van der Waals surface area contributed by atoms with Crippen LogP contribution in [0.15, 0.2) is 48.5 Å². The molecular weight excluding hydrogens is 319 g/mol. The van der Waals surface area contributed by atoms with E-state index in [9.17, 15) is 9.18 Å². The molecule has 0 spiro atoms. The number of anilines is 1. The molecule has 1 aliphatic heterocycles. The molecule has 0 saturated carbocycles. The van der Waals surface area contributed by atoms with Gasteiger partial charge in [0.25, 0.3) is 0 Å². The van der Waals surface area contributed by atoms with Crippen molar-refractivity contribution in [3.05, 3.63) is 59.9 Å². The number of hydrogen-bond acceptors (Lipinski definition) is 3. The molecule has 2 aromatic carbocycles. The Balaban J connectivity index is 1.56. The number of methoxy groups -OCH3 is 1. The van der Waals surface area contributed by atoms with Crippen molar-refractivity contribution in [2.24, 2.45) is 5.92 Å². The quantitative estimate of drug-likeness (QED) is 0.901. The predicted molar refractivity (Wildman–Crippen MR) is 96.0 cm³/mol. The minimum Gasteiger partial charge on any atom is -0.497 e. The van der Waals surface area contributed by atoms with E-state index in [1.165, 1.54) is 12.1 Å². The first-order valence-electron chi connectivity index (χ1n) is 8.56. The largest absolute Gasteiger partial charge is 0.497 e. The molecule has 5 heteroatoms. The van der Waals surface area contributed by atoms with Crippen molar-refractivity contribution < 1.29 is 13.9 Å². The molecule has 0 aromatic heterocycles. The van der Waals surface area contributed by atoms with E-state index < -0.39 is 0 Å². The van der Waals surface area contributed by atoms with E-state index in [0.29, 0.717) is 0 Å². The van der Waals surface area contributed by atoms with E-state index in [1.807, 2.05) is 24.3 Å². The Hall–Kier alpha value is -2.40. The van der Waals surface area contributed by atoms with Crippen LogP contribution in [0.3, 0.4) is 0 Å². The molecule has 0 unspecified atom stereocenters. The lowest BCUT2D eigenvalue weighted by Crippen LogP contribution is -2.40. The topological polar surface area (TPSA) is 41.6 Å². The maximum atomic E-state index is 13.0. The minimum absolute atomic E-state index is 0.0312. The molecule has 4 nitrogen and oxygen atoms in total. The average Bonchev–Trinajstić information content (AvgIpc) is 2.64. The van der Waals surface area contributed by atoms with Gasteiger partial charge in [-0.2, -0.15) is 0 Å². The van der Waals surface area contributed by atoms with Gasteiger partial charge in [0.2, 0.25) is 5.91 Å². The minimum atomic E-state index is -0.223. The Kier molecular flexibility index (Phi) is 5.66. The summed E-state index contributed by atoms with van der Waals surface area (Å²) in [6.07, 6.45) is 1.88. The molecule has 2 aromatic rings. The van der Waals surface area contributed by atoms with Crippen molar-refractivity contribution in [2.75, 3.05) is 25.5 Å². The van der Waals surface area contributed by atoms with Crippen LogP contribution in [0.4, 0.5) is 10.1 Å². The summed E-state index contributed by atoms with van der Waals surface area (Å²) in [5, 5.41) is 2.98. The zero-order valence-corrected chi connectivity index (χ0v) is 14.4. The van der Waals surface area contributed by atoms with Crippen molar-refractivity contribution in [1.29, 1.82) is 0 Å². The van der Waals surface area contributed by atoms with E-state index in [4.69, 9.17) is 4.74 Å². The van der Waals surface area contributed by atoms with Crippen molar-refractivity contribution in [3.8, 4) is 5.75 Å². The number of hydrogen-bond donors (Lipinski definition) is 1. The third-order valence-corrected chi connectivity index (χ3v) is 4.55. The number of ether oxygens (including phenoxy) is 1. The SMILES string of the molecule is COc1ccc(NC(=O)[C@H]2CCCN(Cc3ccc(F)cc3)C2)cc1. The van der Waals surface area contributed by atoms with Crippen molar-refractivity contribution >= 4 is 11.6 Å². The highest BCUT2D eigenvalue weighted by Crippen LogP contribution is 2.21. The first kappa shape index (κ1) is 17.4. The molecule has 1 atom stereocenters. The second-order valence-corrected chi connectivity index (χ2v) is 6.42. The second kappa shape index (κ2) is 8.12. The van der Waals surface area contributed by atoms with Gasteiger partial charge in [-0.25, -0.2) is 4.39 Å². The normalized spacial score (nSPS) is 17.9. The lowest BCUT2D eigenvalue weighted by atomic mass is 9.96. The van der Waals surface area contributed by atoms with Gasteiger partial charge in [0.15, 0.2) is 0 Å². The third-order valence-electron chi connectivity index (χ3n) is 4.55. The predicted octanol–water partition coefficient (Wildman–Crippen LogP) is 3.69. The van der Waals surface area contributed by atoms with Crippen molar-refractivity contribution in [2.45, 2.75) is 19.4 Å².